The summed E-state index contributed by atoms with van der Waals surface area (Å²) in [6.07, 6.45) is 1.53. The number of piperidine rings is 1. The normalized spacial score (nSPS) is 21.2. The number of hydrogen-bond donors (Lipinski definition) is 1. The van der Waals surface area contributed by atoms with E-state index in [1.54, 1.807) is 18.2 Å². The Bertz CT molecular complexity index is 624. The Morgan fingerprint density at radius 1 is 1.33 bits per heavy atom. The van der Waals surface area contributed by atoms with E-state index in [0.29, 0.717) is 24.1 Å². The highest BCUT2D eigenvalue weighted by atomic mass is 32.2. The smallest absolute Gasteiger partial charge is 0.316 e. The summed E-state index contributed by atoms with van der Waals surface area (Å²) in [6, 6.07) is 7.08. The lowest BCUT2D eigenvalue weighted by Crippen LogP contribution is -2.38. The molecule has 1 saturated heterocycles. The number of hydrogen-bond acceptors (Lipinski definition) is 5. The quantitative estimate of drug-likeness (QED) is 0.888. The summed E-state index contributed by atoms with van der Waals surface area (Å²) in [5, 5.41) is 2.51. The molecule has 0 saturated carbocycles. The molecule has 0 bridgehead atoms. The van der Waals surface area contributed by atoms with Crippen molar-refractivity contribution in [2.75, 3.05) is 13.1 Å². The number of benzene rings is 1. The number of fused-ring (bicyclic) bond motifs is 1. The number of para-hydroxylation sites is 2. The molecule has 1 fully saturated rings. The van der Waals surface area contributed by atoms with Crippen molar-refractivity contribution in [3.8, 4) is 0 Å². The first-order chi connectivity index (χ1) is 8.68. The van der Waals surface area contributed by atoms with Crippen molar-refractivity contribution in [3.05, 3.63) is 24.3 Å². The van der Waals surface area contributed by atoms with Crippen molar-refractivity contribution >= 4 is 20.9 Å². The minimum Gasteiger partial charge on any atom is -0.428 e. The molecular formula is C12H14N2O3S. The predicted octanol–water partition coefficient (Wildman–Crippen LogP) is 1.35. The van der Waals surface area contributed by atoms with Crippen molar-refractivity contribution < 1.29 is 12.8 Å². The number of nitrogens with one attached hydrogen (secondary N) is 1. The average Bonchev–Trinajstić information content (AvgIpc) is 2.84. The van der Waals surface area contributed by atoms with Crippen molar-refractivity contribution in [2.24, 2.45) is 0 Å². The minimum absolute atomic E-state index is 0.155. The van der Waals surface area contributed by atoms with Gasteiger partial charge in [-0.05, 0) is 31.5 Å². The van der Waals surface area contributed by atoms with Gasteiger partial charge in [-0.15, -0.1) is 0 Å². The van der Waals surface area contributed by atoms with E-state index in [2.05, 4.69) is 10.3 Å². The summed E-state index contributed by atoms with van der Waals surface area (Å²) >= 11 is 0. The molecule has 1 aliphatic rings. The summed E-state index contributed by atoms with van der Waals surface area (Å²) in [5.41, 5.74) is 1.10. The Morgan fingerprint density at radius 2 is 2.17 bits per heavy atom. The highest BCUT2D eigenvalue weighted by molar-refractivity contribution is 7.91. The summed E-state index contributed by atoms with van der Waals surface area (Å²) in [4.78, 5) is 4.08. The van der Waals surface area contributed by atoms with Gasteiger partial charge in [-0.3, -0.25) is 0 Å². The van der Waals surface area contributed by atoms with E-state index < -0.39 is 15.1 Å². The predicted molar refractivity (Wildman–Crippen MR) is 67.1 cm³/mol. The molecule has 18 heavy (non-hydrogen) atoms. The molecule has 1 unspecified atom stereocenters. The fourth-order valence-corrected chi connectivity index (χ4v) is 3.73. The maximum Gasteiger partial charge on any atom is 0.316 e. The van der Waals surface area contributed by atoms with E-state index in [1.807, 2.05) is 6.07 Å². The van der Waals surface area contributed by atoms with Crippen LogP contribution in [0.5, 0.6) is 0 Å². The van der Waals surface area contributed by atoms with Gasteiger partial charge < -0.3 is 9.73 Å². The number of rotatable bonds is 2. The third-order valence-electron chi connectivity index (χ3n) is 3.21. The summed E-state index contributed by atoms with van der Waals surface area (Å²) in [6.45, 7) is 1.35. The van der Waals surface area contributed by atoms with Crippen molar-refractivity contribution in [1.29, 1.82) is 0 Å². The SMILES string of the molecule is O=S(=O)(c1nc2ccccc2o1)C1CCCNC1. The van der Waals surface area contributed by atoms with Crippen LogP contribution in [0.3, 0.4) is 0 Å². The van der Waals surface area contributed by atoms with Crippen LogP contribution >= 0.6 is 0 Å². The second-order valence-electron chi connectivity index (χ2n) is 4.46. The van der Waals surface area contributed by atoms with Gasteiger partial charge in [-0.1, -0.05) is 12.1 Å². The zero-order chi connectivity index (χ0) is 12.6. The monoisotopic (exact) mass is 266 g/mol. The Morgan fingerprint density at radius 3 is 2.89 bits per heavy atom. The third-order valence-corrected chi connectivity index (χ3v) is 5.15. The minimum atomic E-state index is -3.46. The van der Waals surface area contributed by atoms with Crippen molar-refractivity contribution in [1.82, 2.24) is 10.3 Å². The van der Waals surface area contributed by atoms with Crippen LogP contribution in [0, 0.1) is 0 Å². The van der Waals surface area contributed by atoms with Gasteiger partial charge in [-0.2, -0.15) is 4.98 Å². The van der Waals surface area contributed by atoms with Crippen LogP contribution in [-0.2, 0) is 9.84 Å². The summed E-state index contributed by atoms with van der Waals surface area (Å²) in [7, 11) is -3.46. The molecule has 0 amide bonds. The number of oxazole rings is 1. The Kier molecular flexibility index (Phi) is 2.83. The second-order valence-corrected chi connectivity index (χ2v) is 6.57. The molecule has 0 spiro atoms. The van der Waals surface area contributed by atoms with Gasteiger partial charge in [0.25, 0.3) is 0 Å². The van der Waals surface area contributed by atoms with Gasteiger partial charge in [0.1, 0.15) is 5.52 Å². The first-order valence-electron chi connectivity index (χ1n) is 5.98. The van der Waals surface area contributed by atoms with Crippen LogP contribution in [0.15, 0.2) is 33.9 Å². The lowest BCUT2D eigenvalue weighted by atomic mass is 10.2. The van der Waals surface area contributed by atoms with Gasteiger partial charge in [-0.25, -0.2) is 8.42 Å². The zero-order valence-electron chi connectivity index (χ0n) is 9.80. The maximum absolute atomic E-state index is 12.4. The van der Waals surface area contributed by atoms with Crippen LogP contribution in [0.1, 0.15) is 12.8 Å². The Balaban J connectivity index is 2.01. The Labute approximate surface area is 105 Å². The van der Waals surface area contributed by atoms with Crippen molar-refractivity contribution in [3.63, 3.8) is 0 Å². The van der Waals surface area contributed by atoms with E-state index >= 15 is 0 Å². The summed E-state index contributed by atoms with van der Waals surface area (Å²) < 4.78 is 30.1. The maximum atomic E-state index is 12.4. The molecular weight excluding hydrogens is 252 g/mol. The molecule has 2 heterocycles. The lowest BCUT2D eigenvalue weighted by molar-refractivity contribution is 0.438. The molecule has 5 nitrogen and oxygen atoms in total. The van der Waals surface area contributed by atoms with Crippen LogP contribution in [0.2, 0.25) is 0 Å². The van der Waals surface area contributed by atoms with Gasteiger partial charge in [0.2, 0.25) is 9.84 Å². The first kappa shape index (κ1) is 11.7. The third kappa shape index (κ3) is 1.91. The molecule has 96 valence electrons. The molecule has 1 aliphatic heterocycles. The average molecular weight is 266 g/mol. The second kappa shape index (κ2) is 4.37. The van der Waals surface area contributed by atoms with Gasteiger partial charge in [0, 0.05) is 6.54 Å². The molecule has 0 aliphatic carbocycles. The molecule has 1 aromatic carbocycles. The fourth-order valence-electron chi connectivity index (χ4n) is 2.20. The zero-order valence-corrected chi connectivity index (χ0v) is 10.6. The molecule has 3 rings (SSSR count). The van der Waals surface area contributed by atoms with E-state index in [1.165, 1.54) is 0 Å². The van der Waals surface area contributed by atoms with Crippen molar-refractivity contribution in [2.45, 2.75) is 23.3 Å². The Hall–Kier alpha value is -1.40. The first-order valence-corrected chi connectivity index (χ1v) is 7.53. The molecule has 1 aromatic heterocycles. The van der Waals surface area contributed by atoms with Crippen LogP contribution in [0.25, 0.3) is 11.1 Å². The molecule has 1 N–H and O–H groups in total. The molecule has 2 aromatic rings. The topological polar surface area (TPSA) is 72.2 Å². The highest BCUT2D eigenvalue weighted by Gasteiger charge is 2.33. The number of aromatic nitrogens is 1. The molecule has 0 radical (unpaired) electrons. The standard InChI is InChI=1S/C12H14N2O3S/c15-18(16,9-4-3-7-13-8-9)12-14-10-5-1-2-6-11(10)17-12/h1-2,5-6,9,13H,3-4,7-8H2. The largest absolute Gasteiger partial charge is 0.428 e. The van der Waals surface area contributed by atoms with Gasteiger partial charge in [0.15, 0.2) is 5.58 Å². The van der Waals surface area contributed by atoms with Gasteiger partial charge >= 0.3 is 5.22 Å². The van der Waals surface area contributed by atoms with Crippen LogP contribution in [-0.4, -0.2) is 31.7 Å². The molecule has 6 heteroatoms. The van der Waals surface area contributed by atoms with Crippen LogP contribution in [0.4, 0.5) is 0 Å². The fraction of sp³-hybridized carbons (Fsp3) is 0.417. The van der Waals surface area contributed by atoms with E-state index in [4.69, 9.17) is 4.42 Å². The molecule has 1 atom stereocenters. The van der Waals surface area contributed by atoms with Crippen LogP contribution < -0.4 is 5.32 Å². The summed E-state index contributed by atoms with van der Waals surface area (Å²) in [5.74, 6) is 0. The van der Waals surface area contributed by atoms with Gasteiger partial charge in [0.05, 0.1) is 5.25 Å². The van der Waals surface area contributed by atoms with E-state index in [-0.39, 0.29) is 5.22 Å². The van der Waals surface area contributed by atoms with E-state index in [0.717, 1.165) is 13.0 Å². The van der Waals surface area contributed by atoms with E-state index in [9.17, 15) is 8.42 Å². The number of sulfone groups is 1. The number of nitrogens with zero attached hydrogens (tertiary/aromatic N) is 1. The highest BCUT2D eigenvalue weighted by Crippen LogP contribution is 2.24. The lowest BCUT2D eigenvalue weighted by Gasteiger charge is -2.20.